The van der Waals surface area contributed by atoms with Gasteiger partial charge in [-0.2, -0.15) is 0 Å². The highest BCUT2D eigenvalue weighted by molar-refractivity contribution is 6.17. The number of aromatic nitrogens is 2. The molecule has 2 aliphatic rings. The maximum absolute atomic E-state index is 4.99. The molecule has 0 spiro atoms. The summed E-state index contributed by atoms with van der Waals surface area (Å²) in [6, 6.07) is 75.2. The molecule has 3 nitrogen and oxygen atoms in total. The number of rotatable bonds is 6. The van der Waals surface area contributed by atoms with Gasteiger partial charge in [0.05, 0.1) is 16.9 Å². The van der Waals surface area contributed by atoms with Gasteiger partial charge >= 0.3 is 0 Å². The molecule has 3 heteroatoms. The molecule has 288 valence electrons. The Balaban J connectivity index is 0.957. The van der Waals surface area contributed by atoms with E-state index in [0.29, 0.717) is 0 Å². The van der Waals surface area contributed by atoms with Gasteiger partial charge in [-0.3, -0.25) is 4.98 Å². The van der Waals surface area contributed by atoms with Crippen LogP contribution >= 0.6 is 0 Å². The minimum Gasteiger partial charge on any atom is -0.310 e. The number of benzene rings is 8. The predicted molar refractivity (Wildman–Crippen MR) is 254 cm³/mol. The summed E-state index contributed by atoms with van der Waals surface area (Å²) in [5.41, 5.74) is 22.8. The van der Waals surface area contributed by atoms with Crippen LogP contribution in [0.15, 0.2) is 212 Å². The van der Waals surface area contributed by atoms with Gasteiger partial charge in [-0.15, -0.1) is 0 Å². The Kier molecular flexibility index (Phi) is 7.88. The highest BCUT2D eigenvalue weighted by Crippen LogP contribution is 2.53. The van der Waals surface area contributed by atoms with Crippen LogP contribution in [0.1, 0.15) is 25.0 Å². The van der Waals surface area contributed by atoms with E-state index < -0.39 is 0 Å². The molecule has 2 aliphatic carbocycles. The van der Waals surface area contributed by atoms with Crippen molar-refractivity contribution >= 4 is 28.0 Å². The lowest BCUT2D eigenvalue weighted by Crippen LogP contribution is -2.16. The molecule has 0 bridgehead atoms. The van der Waals surface area contributed by atoms with E-state index in [1.54, 1.807) is 0 Å². The van der Waals surface area contributed by atoms with Gasteiger partial charge in [0.25, 0.3) is 0 Å². The normalized spacial score (nSPS) is 12.9. The van der Waals surface area contributed by atoms with Crippen LogP contribution in [0.2, 0.25) is 0 Å². The van der Waals surface area contributed by atoms with Crippen molar-refractivity contribution in [2.24, 2.45) is 0 Å². The van der Waals surface area contributed by atoms with E-state index in [4.69, 9.17) is 4.98 Å². The van der Waals surface area contributed by atoms with Crippen LogP contribution in [0, 0.1) is 0 Å². The van der Waals surface area contributed by atoms with Crippen LogP contribution < -0.4 is 4.90 Å². The second-order valence-electron chi connectivity index (χ2n) is 16.7. The molecular formula is C58H41N3. The molecule has 0 saturated heterocycles. The fraction of sp³-hybridized carbons (Fsp3) is 0.0517. The lowest BCUT2D eigenvalue weighted by molar-refractivity contribution is 0.660. The molecule has 0 radical (unpaired) electrons. The molecular weight excluding hydrogens is 739 g/mol. The molecule has 0 aliphatic heterocycles. The standard InChI is InChI=1S/C58H41N3/c1-58(2)51-23-11-10-20-47(51)48-35-34-43(37-52(48)58)60(40-15-4-3-5-16-40)41-30-26-38(27-31-41)39-28-32-42(33-29-39)61-54-25-14-22-49-45-18-7-6-17-44(45)46-19-8-9-21-50(46)56(55(49)54)57(61)53-24-12-13-36-59-53/h3-37H,1-2H3. The van der Waals surface area contributed by atoms with Crippen molar-refractivity contribution in [1.82, 2.24) is 9.55 Å². The maximum atomic E-state index is 4.99. The minimum absolute atomic E-state index is 0.0824. The van der Waals surface area contributed by atoms with Gasteiger partial charge in [0.1, 0.15) is 0 Å². The van der Waals surface area contributed by atoms with Gasteiger partial charge < -0.3 is 9.47 Å². The van der Waals surface area contributed by atoms with Crippen molar-refractivity contribution in [3.63, 3.8) is 0 Å². The quantitative estimate of drug-likeness (QED) is 0.168. The van der Waals surface area contributed by atoms with Crippen LogP contribution in [0.3, 0.4) is 0 Å². The van der Waals surface area contributed by atoms with Crippen LogP contribution in [0.4, 0.5) is 17.1 Å². The fourth-order valence-corrected chi connectivity index (χ4v) is 10.2. The summed E-state index contributed by atoms with van der Waals surface area (Å²) >= 11 is 0. The number of para-hydroxylation sites is 1. The average molecular weight is 780 g/mol. The minimum atomic E-state index is -0.0824. The Morgan fingerprint density at radius 1 is 0.426 bits per heavy atom. The second kappa shape index (κ2) is 13.7. The summed E-state index contributed by atoms with van der Waals surface area (Å²) in [5, 5.41) is 1.25. The van der Waals surface area contributed by atoms with Crippen molar-refractivity contribution in [1.29, 1.82) is 0 Å². The zero-order valence-corrected chi connectivity index (χ0v) is 34.0. The van der Waals surface area contributed by atoms with E-state index >= 15 is 0 Å². The third kappa shape index (κ3) is 5.40. The average Bonchev–Trinajstić information content (AvgIpc) is 3.74. The zero-order valence-electron chi connectivity index (χ0n) is 34.0. The Morgan fingerprint density at radius 3 is 1.70 bits per heavy atom. The number of hydrogen-bond donors (Lipinski definition) is 0. The van der Waals surface area contributed by atoms with Gasteiger partial charge in [0, 0.05) is 45.3 Å². The topological polar surface area (TPSA) is 21.1 Å². The molecule has 2 heterocycles. The smallest absolute Gasteiger partial charge is 0.0876 e. The largest absolute Gasteiger partial charge is 0.310 e. The summed E-state index contributed by atoms with van der Waals surface area (Å²) in [6.07, 6.45) is 1.90. The SMILES string of the molecule is CC1(C)c2ccccc2-c2ccc(N(c3ccccc3)c3ccc(-c4ccc(-n5c(-c6ccccn6)c6c7c(cccc75)-c5ccccc5-c5ccccc5-6)cc4)cc3)cc21. The van der Waals surface area contributed by atoms with E-state index in [9.17, 15) is 0 Å². The Morgan fingerprint density at radius 2 is 0.984 bits per heavy atom. The number of hydrogen-bond acceptors (Lipinski definition) is 2. The van der Waals surface area contributed by atoms with Gasteiger partial charge in [0.15, 0.2) is 0 Å². The van der Waals surface area contributed by atoms with E-state index in [1.165, 1.54) is 66.6 Å². The van der Waals surface area contributed by atoms with E-state index in [1.807, 2.05) is 12.3 Å². The predicted octanol–water partition coefficient (Wildman–Crippen LogP) is 15.4. The Labute approximate surface area is 356 Å². The zero-order chi connectivity index (χ0) is 40.7. The molecule has 10 aromatic rings. The molecule has 0 unspecified atom stereocenters. The first kappa shape index (κ1) is 35.2. The number of anilines is 3. The molecule has 0 amide bonds. The highest BCUT2D eigenvalue weighted by Gasteiger charge is 2.36. The summed E-state index contributed by atoms with van der Waals surface area (Å²) in [6.45, 7) is 4.69. The third-order valence-corrected chi connectivity index (χ3v) is 13.0. The molecule has 0 fully saturated rings. The van der Waals surface area contributed by atoms with Crippen molar-refractivity contribution in [3.8, 4) is 72.7 Å². The highest BCUT2D eigenvalue weighted by atomic mass is 15.1. The lowest BCUT2D eigenvalue weighted by atomic mass is 9.82. The van der Waals surface area contributed by atoms with Gasteiger partial charge in [-0.05, 0) is 128 Å². The number of nitrogens with zero attached hydrogens (tertiary/aromatic N) is 3. The molecule has 61 heavy (non-hydrogen) atoms. The summed E-state index contributed by atoms with van der Waals surface area (Å²) in [7, 11) is 0. The van der Waals surface area contributed by atoms with E-state index in [0.717, 1.165) is 45.2 Å². The molecule has 0 atom stereocenters. The Hall–Kier alpha value is -7.75. The van der Waals surface area contributed by atoms with Crippen LogP contribution in [0.25, 0.3) is 83.6 Å². The number of fused-ring (bicyclic) bond motifs is 8. The van der Waals surface area contributed by atoms with Crippen LogP contribution in [-0.4, -0.2) is 9.55 Å². The molecule has 12 rings (SSSR count). The van der Waals surface area contributed by atoms with Crippen molar-refractivity contribution in [2.45, 2.75) is 19.3 Å². The van der Waals surface area contributed by atoms with Gasteiger partial charge in [0.2, 0.25) is 0 Å². The monoisotopic (exact) mass is 779 g/mol. The molecule has 2 aromatic heterocycles. The summed E-state index contributed by atoms with van der Waals surface area (Å²) < 4.78 is 2.42. The van der Waals surface area contributed by atoms with Crippen molar-refractivity contribution in [2.75, 3.05) is 4.90 Å². The Bertz CT molecular complexity index is 3300. The number of pyridine rings is 1. The first-order valence-corrected chi connectivity index (χ1v) is 21.1. The molecule has 8 aromatic carbocycles. The van der Waals surface area contributed by atoms with Gasteiger partial charge in [-0.25, -0.2) is 0 Å². The third-order valence-electron chi connectivity index (χ3n) is 13.0. The first-order valence-electron chi connectivity index (χ1n) is 21.1. The van der Waals surface area contributed by atoms with Crippen LogP contribution in [0.5, 0.6) is 0 Å². The fourth-order valence-electron chi connectivity index (χ4n) is 10.2. The van der Waals surface area contributed by atoms with Crippen LogP contribution in [-0.2, 0) is 5.41 Å². The van der Waals surface area contributed by atoms with E-state index in [-0.39, 0.29) is 5.41 Å². The van der Waals surface area contributed by atoms with E-state index in [2.05, 4.69) is 224 Å². The summed E-state index contributed by atoms with van der Waals surface area (Å²) in [4.78, 5) is 7.36. The second-order valence-corrected chi connectivity index (χ2v) is 16.7. The van der Waals surface area contributed by atoms with Gasteiger partial charge in [-0.1, -0.05) is 153 Å². The summed E-state index contributed by atoms with van der Waals surface area (Å²) in [5.74, 6) is 0. The molecule has 0 N–H and O–H groups in total. The molecule has 0 saturated carbocycles. The maximum Gasteiger partial charge on any atom is 0.0876 e. The van der Waals surface area contributed by atoms with Crippen molar-refractivity contribution < 1.29 is 0 Å². The first-order chi connectivity index (χ1) is 30.0. The van der Waals surface area contributed by atoms with Crippen molar-refractivity contribution in [3.05, 3.63) is 224 Å². The lowest BCUT2D eigenvalue weighted by Gasteiger charge is -2.28.